The Labute approximate surface area is 224 Å². The zero-order chi connectivity index (χ0) is 28.6. The number of rotatable bonds is 4. The van der Waals surface area contributed by atoms with Gasteiger partial charge < -0.3 is 19.2 Å². The Bertz CT molecular complexity index is 1200. The molecule has 1 aromatic carbocycles. The fourth-order valence-electron chi connectivity index (χ4n) is 4.46. The van der Waals surface area contributed by atoms with Gasteiger partial charge in [0.25, 0.3) is 0 Å². The minimum absolute atomic E-state index is 0.170. The number of carbonyl (C=O) groups excluding carboxylic acids is 4. The Kier molecular flexibility index (Phi) is 8.01. The van der Waals surface area contributed by atoms with Crippen LogP contribution in [0.3, 0.4) is 0 Å². The second-order valence-corrected chi connectivity index (χ2v) is 12.6. The van der Waals surface area contributed by atoms with Crippen LogP contribution in [0.15, 0.2) is 24.3 Å². The van der Waals surface area contributed by atoms with Gasteiger partial charge in [-0.15, -0.1) is 0 Å². The third kappa shape index (κ3) is 6.94. The van der Waals surface area contributed by atoms with Crippen LogP contribution in [0.1, 0.15) is 98.4 Å². The van der Waals surface area contributed by atoms with Gasteiger partial charge in [0, 0.05) is 35.1 Å². The molecule has 9 nitrogen and oxygen atoms in total. The summed E-state index contributed by atoms with van der Waals surface area (Å²) >= 11 is 0. The Balaban J connectivity index is 2.26. The van der Waals surface area contributed by atoms with Crippen LogP contribution < -0.4 is 0 Å². The van der Waals surface area contributed by atoms with E-state index < -0.39 is 46.8 Å². The van der Waals surface area contributed by atoms with Gasteiger partial charge in [0.05, 0.1) is 0 Å². The number of esters is 2. The molecule has 0 saturated carbocycles. The number of hydrogen-bond acceptors (Lipinski definition) is 7. The average molecular weight is 529 g/mol. The van der Waals surface area contributed by atoms with Gasteiger partial charge in [-0.3, -0.25) is 19.3 Å². The van der Waals surface area contributed by atoms with E-state index in [1.807, 2.05) is 0 Å². The summed E-state index contributed by atoms with van der Waals surface area (Å²) in [5.74, 6) is -3.34. The number of likely N-dealkylation sites (tertiary alicyclic amines) is 1. The first-order chi connectivity index (χ1) is 17.4. The van der Waals surface area contributed by atoms with Crippen molar-refractivity contribution >= 4 is 34.7 Å². The van der Waals surface area contributed by atoms with E-state index in [9.17, 15) is 19.2 Å². The third-order valence-electron chi connectivity index (χ3n) is 5.69. The van der Waals surface area contributed by atoms with Gasteiger partial charge in [-0.05, 0) is 74.8 Å². The molecule has 2 heterocycles. The van der Waals surface area contributed by atoms with Crippen molar-refractivity contribution in [2.45, 2.75) is 104 Å². The zero-order valence-corrected chi connectivity index (χ0v) is 23.9. The van der Waals surface area contributed by atoms with Crippen molar-refractivity contribution in [3.8, 4) is 0 Å². The molecule has 208 valence electrons. The number of para-hydroxylation sites is 1. The summed E-state index contributed by atoms with van der Waals surface area (Å²) < 4.78 is 16.9. The van der Waals surface area contributed by atoms with Crippen molar-refractivity contribution < 1.29 is 33.4 Å². The highest BCUT2D eigenvalue weighted by atomic mass is 16.6. The number of ketones is 1. The quantitative estimate of drug-likeness (QED) is 0.313. The molecule has 1 aromatic heterocycles. The zero-order valence-electron chi connectivity index (χ0n) is 23.9. The van der Waals surface area contributed by atoms with Crippen molar-refractivity contribution in [1.82, 2.24) is 9.88 Å². The van der Waals surface area contributed by atoms with Crippen LogP contribution in [0.4, 0.5) is 4.79 Å². The molecule has 38 heavy (non-hydrogen) atoms. The van der Waals surface area contributed by atoms with Gasteiger partial charge in [0.1, 0.15) is 22.8 Å². The van der Waals surface area contributed by atoms with Crippen molar-refractivity contribution in [2.75, 3.05) is 6.54 Å². The van der Waals surface area contributed by atoms with Crippen molar-refractivity contribution in [2.24, 2.45) is 0 Å². The molecule has 0 bridgehead atoms. The summed E-state index contributed by atoms with van der Waals surface area (Å²) in [4.78, 5) is 58.5. The molecule has 0 spiro atoms. The molecule has 1 fully saturated rings. The number of aromatic nitrogens is 1. The summed E-state index contributed by atoms with van der Waals surface area (Å²) in [6.07, 6.45) is 0.0816. The maximum Gasteiger partial charge on any atom is 0.411 e. The topological polar surface area (TPSA) is 115 Å². The van der Waals surface area contributed by atoms with Crippen molar-refractivity contribution in [1.29, 1.82) is 0 Å². The fourth-order valence-corrected chi connectivity index (χ4v) is 4.46. The normalized spacial score (nSPS) is 17.1. The minimum Gasteiger partial charge on any atom is -0.459 e. The van der Waals surface area contributed by atoms with Gasteiger partial charge in [-0.2, -0.15) is 0 Å². The first kappa shape index (κ1) is 29.2. The van der Waals surface area contributed by atoms with Crippen LogP contribution in [-0.4, -0.2) is 57.0 Å². The molecule has 0 aliphatic carbocycles. The molecule has 1 atom stereocenters. The number of nitrogens with one attached hydrogen (secondary N) is 1. The van der Waals surface area contributed by atoms with Crippen LogP contribution >= 0.6 is 0 Å². The molecular formula is C29H40N2O7. The van der Waals surface area contributed by atoms with Crippen LogP contribution in [0.2, 0.25) is 0 Å². The van der Waals surface area contributed by atoms with Crippen LogP contribution in [0.5, 0.6) is 0 Å². The molecule has 3 rings (SSSR count). The first-order valence-corrected chi connectivity index (χ1v) is 13.0. The van der Waals surface area contributed by atoms with Gasteiger partial charge in [0.2, 0.25) is 0 Å². The molecule has 1 amide bonds. The van der Waals surface area contributed by atoms with E-state index in [1.165, 1.54) is 4.90 Å². The number of aromatic amines is 1. The van der Waals surface area contributed by atoms with E-state index in [4.69, 9.17) is 14.2 Å². The summed E-state index contributed by atoms with van der Waals surface area (Å²) in [6.45, 7) is 15.8. The number of amides is 1. The monoisotopic (exact) mass is 528 g/mol. The van der Waals surface area contributed by atoms with Gasteiger partial charge >= 0.3 is 18.0 Å². The minimum atomic E-state index is -1.51. The van der Waals surface area contributed by atoms with Crippen molar-refractivity contribution in [3.05, 3.63) is 35.5 Å². The Morgan fingerprint density at radius 2 is 1.39 bits per heavy atom. The molecule has 1 saturated heterocycles. The molecule has 1 aliphatic rings. The number of fused-ring (bicyclic) bond motifs is 1. The molecule has 1 N–H and O–H groups in total. The highest BCUT2D eigenvalue weighted by Crippen LogP contribution is 2.40. The number of H-pyrrole nitrogens is 1. The SMILES string of the molecule is CC(C)(C)OC(=O)C(C(=O)OC(C)(C)C)c1[nH]c2ccccc2c1C1C(=O)CCCN1C(=O)OC(C)(C)C. The predicted octanol–water partition coefficient (Wildman–Crippen LogP) is 5.58. The second-order valence-electron chi connectivity index (χ2n) is 12.6. The Morgan fingerprint density at radius 3 is 1.92 bits per heavy atom. The number of Topliss-reactive ketones (excluding diaryl/α,β-unsaturated/α-hetero) is 1. The van der Waals surface area contributed by atoms with E-state index in [0.29, 0.717) is 22.9 Å². The molecule has 9 heteroatoms. The van der Waals surface area contributed by atoms with E-state index in [-0.39, 0.29) is 24.4 Å². The second kappa shape index (κ2) is 10.4. The lowest BCUT2D eigenvalue weighted by Gasteiger charge is -2.36. The summed E-state index contributed by atoms with van der Waals surface area (Å²) in [7, 11) is 0. The van der Waals surface area contributed by atoms with Crippen LogP contribution in [-0.2, 0) is 28.6 Å². The highest BCUT2D eigenvalue weighted by molar-refractivity contribution is 6.04. The molecule has 2 aromatic rings. The first-order valence-electron chi connectivity index (χ1n) is 13.0. The van der Waals surface area contributed by atoms with Gasteiger partial charge in [-0.25, -0.2) is 4.79 Å². The van der Waals surface area contributed by atoms with Crippen LogP contribution in [0.25, 0.3) is 10.9 Å². The standard InChI is InChI=1S/C29H40N2O7/c1-27(2,3)36-24(33)21(25(34)37-28(4,5)6)22-20(17-13-10-11-14-18(17)30-22)23-19(32)15-12-16-31(23)26(35)38-29(7,8)9/h10-11,13-14,21,23,30H,12,15-16H2,1-9H3. The molecule has 0 radical (unpaired) electrons. The molecule has 1 aliphatic heterocycles. The molecule has 1 unspecified atom stereocenters. The number of hydrogen-bond donors (Lipinski definition) is 1. The van der Waals surface area contributed by atoms with Crippen LogP contribution in [0, 0.1) is 0 Å². The number of nitrogens with zero attached hydrogens (tertiary/aromatic N) is 1. The fraction of sp³-hybridized carbons (Fsp3) is 0.586. The number of ether oxygens (including phenoxy) is 3. The Hall–Kier alpha value is -3.36. The van der Waals surface area contributed by atoms with E-state index in [0.717, 1.165) is 0 Å². The average Bonchev–Trinajstić information content (AvgIpc) is 3.08. The molecular weight excluding hydrogens is 488 g/mol. The number of piperidine rings is 1. The summed E-state index contributed by atoms with van der Waals surface area (Å²) in [5.41, 5.74) is -1.39. The van der Waals surface area contributed by atoms with Crippen molar-refractivity contribution in [3.63, 3.8) is 0 Å². The lowest BCUT2D eigenvalue weighted by Crippen LogP contribution is -2.46. The van der Waals surface area contributed by atoms with Gasteiger partial charge in [-0.1, -0.05) is 18.2 Å². The predicted molar refractivity (Wildman–Crippen MR) is 143 cm³/mol. The lowest BCUT2D eigenvalue weighted by atomic mass is 9.88. The smallest absolute Gasteiger partial charge is 0.411 e. The largest absolute Gasteiger partial charge is 0.459 e. The van der Waals surface area contributed by atoms with Gasteiger partial charge in [0.15, 0.2) is 11.7 Å². The Morgan fingerprint density at radius 1 is 0.868 bits per heavy atom. The summed E-state index contributed by atoms with van der Waals surface area (Å²) in [6, 6.07) is 6.12. The maximum absolute atomic E-state index is 13.5. The third-order valence-corrected chi connectivity index (χ3v) is 5.69. The van der Waals surface area contributed by atoms with E-state index in [1.54, 1.807) is 86.6 Å². The van der Waals surface area contributed by atoms with E-state index >= 15 is 0 Å². The maximum atomic E-state index is 13.5. The highest BCUT2D eigenvalue weighted by Gasteiger charge is 2.45. The number of carbonyl (C=O) groups is 4. The summed E-state index contributed by atoms with van der Waals surface area (Å²) in [5, 5.41) is 0.619. The number of benzene rings is 1. The lowest BCUT2D eigenvalue weighted by molar-refractivity contribution is -0.169. The van der Waals surface area contributed by atoms with E-state index in [2.05, 4.69) is 4.98 Å².